The molecule has 1 saturated heterocycles. The molecule has 0 aliphatic carbocycles. The first-order chi connectivity index (χ1) is 13.4. The molecule has 0 saturated carbocycles. The van der Waals surface area contributed by atoms with Gasteiger partial charge in [-0.2, -0.15) is 0 Å². The maximum atomic E-state index is 12.5. The van der Waals surface area contributed by atoms with E-state index in [4.69, 9.17) is 23.2 Å². The van der Waals surface area contributed by atoms with E-state index < -0.39 is 29.1 Å². The minimum atomic E-state index is -1.13. The first-order valence-corrected chi connectivity index (χ1v) is 9.08. The third-order valence-electron chi connectivity index (χ3n) is 4.21. The number of hydrogen-bond acceptors (Lipinski definition) is 4. The van der Waals surface area contributed by atoms with Crippen LogP contribution in [0.4, 0.5) is 10.5 Å². The molecule has 4 amide bonds. The smallest absolute Gasteiger partial charge is 0.322 e. The number of halogens is 2. The van der Waals surface area contributed by atoms with Gasteiger partial charge in [-0.05, 0) is 35.4 Å². The Labute approximate surface area is 170 Å². The molecule has 2 aromatic rings. The summed E-state index contributed by atoms with van der Waals surface area (Å²) in [5, 5.41) is 2.02. The molecule has 1 aliphatic heterocycles. The molecule has 1 atom stereocenters. The molecule has 0 spiro atoms. The van der Waals surface area contributed by atoms with Gasteiger partial charge in [-0.3, -0.25) is 19.3 Å². The van der Waals surface area contributed by atoms with Crippen LogP contribution in [0, 0.1) is 0 Å². The fourth-order valence-corrected chi connectivity index (χ4v) is 3.20. The number of carbonyl (C=O) groups is 4. The second-order valence-electron chi connectivity index (χ2n) is 5.99. The fraction of sp³-hybridized carbons (Fsp3) is 0.158. The molecule has 0 bridgehead atoms. The quantitative estimate of drug-likeness (QED) is 0.609. The van der Waals surface area contributed by atoms with E-state index in [2.05, 4.69) is 5.32 Å². The minimum Gasteiger partial charge on any atom is -0.322 e. The molecule has 144 valence electrons. The lowest BCUT2D eigenvalue weighted by Gasteiger charge is -2.33. The van der Waals surface area contributed by atoms with Crippen molar-refractivity contribution in [2.45, 2.75) is 6.04 Å². The molecule has 7 nitrogen and oxygen atoms in total. The third kappa shape index (κ3) is 4.16. The number of urea groups is 1. The van der Waals surface area contributed by atoms with E-state index >= 15 is 0 Å². The van der Waals surface area contributed by atoms with Crippen LogP contribution in [-0.2, 0) is 14.4 Å². The van der Waals surface area contributed by atoms with E-state index in [9.17, 15) is 19.2 Å². The zero-order valence-electron chi connectivity index (χ0n) is 14.5. The molecule has 0 aromatic heterocycles. The Morgan fingerprint density at radius 2 is 1.68 bits per heavy atom. The molecule has 3 rings (SSSR count). The first-order valence-electron chi connectivity index (χ1n) is 8.32. The SMILES string of the molecule is O=C(Cl)C(NC(=O)N1CCN(c2cccc(Cl)c2)C(=O)C1=O)c1ccccc1. The van der Waals surface area contributed by atoms with Gasteiger partial charge >= 0.3 is 17.8 Å². The topological polar surface area (TPSA) is 86.8 Å². The number of amides is 4. The van der Waals surface area contributed by atoms with E-state index in [1.807, 2.05) is 0 Å². The number of hydrogen-bond donors (Lipinski definition) is 1. The summed E-state index contributed by atoms with van der Waals surface area (Å²) >= 11 is 11.5. The molecule has 1 unspecified atom stereocenters. The molecule has 0 radical (unpaired) electrons. The fourth-order valence-electron chi connectivity index (χ4n) is 2.84. The average Bonchev–Trinajstić information content (AvgIpc) is 2.68. The maximum absolute atomic E-state index is 12.5. The highest BCUT2D eigenvalue weighted by Crippen LogP contribution is 2.22. The highest BCUT2D eigenvalue weighted by atomic mass is 35.5. The van der Waals surface area contributed by atoms with Crippen molar-refractivity contribution in [2.24, 2.45) is 0 Å². The standard InChI is InChI=1S/C19H15Cl2N3O4/c20-13-7-4-8-14(11-13)23-9-10-24(18(27)17(23)26)19(28)22-15(16(21)25)12-5-2-1-3-6-12/h1-8,11,15H,9-10H2,(H,22,28). The van der Waals surface area contributed by atoms with Crippen molar-refractivity contribution in [3.63, 3.8) is 0 Å². The number of nitrogens with one attached hydrogen (secondary N) is 1. The first kappa shape index (κ1) is 19.9. The van der Waals surface area contributed by atoms with Crippen molar-refractivity contribution in [1.29, 1.82) is 0 Å². The number of carbonyl (C=O) groups excluding carboxylic acids is 4. The van der Waals surface area contributed by atoms with Gasteiger partial charge in [0.1, 0.15) is 6.04 Å². The van der Waals surface area contributed by atoms with Gasteiger partial charge in [-0.25, -0.2) is 4.79 Å². The van der Waals surface area contributed by atoms with Crippen molar-refractivity contribution in [2.75, 3.05) is 18.0 Å². The number of piperazine rings is 1. The van der Waals surface area contributed by atoms with Gasteiger partial charge in [0.05, 0.1) is 0 Å². The van der Waals surface area contributed by atoms with Gasteiger partial charge < -0.3 is 10.2 Å². The van der Waals surface area contributed by atoms with Crippen molar-refractivity contribution in [3.05, 3.63) is 65.2 Å². The van der Waals surface area contributed by atoms with E-state index in [0.29, 0.717) is 16.3 Å². The van der Waals surface area contributed by atoms with Crippen LogP contribution in [0.15, 0.2) is 54.6 Å². The summed E-state index contributed by atoms with van der Waals surface area (Å²) in [6, 6.07) is 12.9. The van der Waals surface area contributed by atoms with Crippen molar-refractivity contribution < 1.29 is 19.2 Å². The normalized spacial score (nSPS) is 15.4. The number of imide groups is 1. The van der Waals surface area contributed by atoms with Gasteiger partial charge in [0.15, 0.2) is 0 Å². The van der Waals surface area contributed by atoms with E-state index in [1.54, 1.807) is 54.6 Å². The molecule has 9 heteroatoms. The van der Waals surface area contributed by atoms with Crippen LogP contribution >= 0.6 is 23.2 Å². The van der Waals surface area contributed by atoms with Crippen LogP contribution in [0.2, 0.25) is 5.02 Å². The van der Waals surface area contributed by atoms with Gasteiger partial charge in [0.25, 0.3) is 0 Å². The van der Waals surface area contributed by atoms with Gasteiger partial charge in [0.2, 0.25) is 5.24 Å². The molecule has 1 fully saturated rings. The summed E-state index contributed by atoms with van der Waals surface area (Å²) in [5.74, 6) is -1.87. The Hall–Kier alpha value is -2.90. The van der Waals surface area contributed by atoms with Gasteiger partial charge in [0, 0.05) is 23.8 Å². The Morgan fingerprint density at radius 3 is 2.32 bits per heavy atom. The van der Waals surface area contributed by atoms with Crippen LogP contribution in [-0.4, -0.2) is 41.1 Å². The van der Waals surface area contributed by atoms with Crippen LogP contribution < -0.4 is 10.2 Å². The lowest BCUT2D eigenvalue weighted by molar-refractivity contribution is -0.144. The Morgan fingerprint density at radius 1 is 0.964 bits per heavy atom. The van der Waals surface area contributed by atoms with Crippen LogP contribution in [0.25, 0.3) is 0 Å². The lowest BCUT2D eigenvalue weighted by Crippen LogP contribution is -2.59. The second kappa shape index (κ2) is 8.41. The van der Waals surface area contributed by atoms with Crippen molar-refractivity contribution in [3.8, 4) is 0 Å². The average molecular weight is 420 g/mol. The summed E-state index contributed by atoms with van der Waals surface area (Å²) < 4.78 is 0. The van der Waals surface area contributed by atoms with Crippen LogP contribution in [0.1, 0.15) is 11.6 Å². The summed E-state index contributed by atoms with van der Waals surface area (Å²) in [6.07, 6.45) is 0. The lowest BCUT2D eigenvalue weighted by atomic mass is 10.1. The Bertz CT molecular complexity index is 936. The van der Waals surface area contributed by atoms with Gasteiger partial charge in [-0.15, -0.1) is 0 Å². The third-order valence-corrected chi connectivity index (χ3v) is 4.67. The molecular weight excluding hydrogens is 405 g/mol. The molecular formula is C19H15Cl2N3O4. The van der Waals surface area contributed by atoms with Crippen molar-refractivity contribution in [1.82, 2.24) is 10.2 Å². The van der Waals surface area contributed by atoms with Gasteiger partial charge in [-0.1, -0.05) is 48.0 Å². The minimum absolute atomic E-state index is 0.0408. The van der Waals surface area contributed by atoms with E-state index in [-0.39, 0.29) is 13.1 Å². The zero-order chi connectivity index (χ0) is 20.3. The monoisotopic (exact) mass is 419 g/mol. The number of rotatable bonds is 4. The summed E-state index contributed by atoms with van der Waals surface area (Å²) in [4.78, 5) is 51.2. The highest BCUT2D eigenvalue weighted by molar-refractivity contribution is 6.64. The van der Waals surface area contributed by atoms with Crippen LogP contribution in [0.5, 0.6) is 0 Å². The molecule has 1 N–H and O–H groups in total. The second-order valence-corrected chi connectivity index (χ2v) is 6.80. The predicted molar refractivity (Wildman–Crippen MR) is 104 cm³/mol. The molecule has 28 heavy (non-hydrogen) atoms. The number of anilines is 1. The zero-order valence-corrected chi connectivity index (χ0v) is 16.0. The largest absolute Gasteiger partial charge is 0.325 e. The molecule has 2 aromatic carbocycles. The summed E-state index contributed by atoms with van der Waals surface area (Å²) in [7, 11) is 0. The summed E-state index contributed by atoms with van der Waals surface area (Å²) in [5.41, 5.74) is 0.927. The number of nitrogens with zero attached hydrogens (tertiary/aromatic N) is 2. The Balaban J connectivity index is 1.74. The van der Waals surface area contributed by atoms with Crippen molar-refractivity contribution >= 4 is 52.0 Å². The molecule has 1 aliphatic rings. The maximum Gasteiger partial charge on any atom is 0.325 e. The molecule has 1 heterocycles. The number of benzene rings is 2. The van der Waals surface area contributed by atoms with E-state index in [1.165, 1.54) is 4.90 Å². The van der Waals surface area contributed by atoms with Crippen LogP contribution in [0.3, 0.4) is 0 Å². The summed E-state index contributed by atoms with van der Waals surface area (Å²) in [6.45, 7) is 0.0596. The predicted octanol–water partition coefficient (Wildman–Crippen LogP) is 2.73. The highest BCUT2D eigenvalue weighted by Gasteiger charge is 2.38. The van der Waals surface area contributed by atoms with E-state index in [0.717, 1.165) is 4.90 Å². The Kier molecular flexibility index (Phi) is 5.96.